The van der Waals surface area contributed by atoms with Crippen molar-refractivity contribution in [3.8, 4) is 22.8 Å². The van der Waals surface area contributed by atoms with Gasteiger partial charge >= 0.3 is 12.1 Å². The Morgan fingerprint density at radius 2 is 1.67 bits per heavy atom. The number of carbonyl (C=O) groups is 1. The smallest absolute Gasteiger partial charge is 0.429 e. The highest BCUT2D eigenvalue weighted by Gasteiger charge is 2.45. The van der Waals surface area contributed by atoms with E-state index in [1.807, 2.05) is 43.0 Å². The van der Waals surface area contributed by atoms with Crippen molar-refractivity contribution < 1.29 is 32.5 Å². The van der Waals surface area contributed by atoms with Crippen molar-refractivity contribution in [2.45, 2.75) is 57.5 Å². The van der Waals surface area contributed by atoms with Crippen molar-refractivity contribution in [3.63, 3.8) is 0 Å². The number of aliphatic carboxylic acids is 1. The van der Waals surface area contributed by atoms with E-state index in [9.17, 15) is 23.1 Å². The monoisotopic (exact) mass is 585 g/mol. The second-order valence-electron chi connectivity index (χ2n) is 11.2. The van der Waals surface area contributed by atoms with Crippen LogP contribution < -0.4 is 25.4 Å². The van der Waals surface area contributed by atoms with Crippen LogP contribution in [0.2, 0.25) is 0 Å². The average molecular weight is 586 g/mol. The van der Waals surface area contributed by atoms with Crippen molar-refractivity contribution in [1.29, 1.82) is 0 Å². The Labute approximate surface area is 241 Å². The van der Waals surface area contributed by atoms with E-state index in [2.05, 4.69) is 15.3 Å². The van der Waals surface area contributed by atoms with Gasteiger partial charge in [0.2, 0.25) is 17.9 Å². The molecule has 224 valence electrons. The van der Waals surface area contributed by atoms with E-state index >= 15 is 0 Å². The van der Waals surface area contributed by atoms with E-state index in [0.29, 0.717) is 37.6 Å². The average Bonchev–Trinajstić information content (AvgIpc) is 3.35. The molecule has 1 spiro atoms. The molecule has 3 aromatic rings. The van der Waals surface area contributed by atoms with Crippen LogP contribution in [0.4, 0.5) is 24.9 Å². The number of carboxylic acid groups (broad SMARTS) is 1. The van der Waals surface area contributed by atoms with Crippen LogP contribution in [0.1, 0.15) is 44.8 Å². The Morgan fingerprint density at radius 1 is 1.05 bits per heavy atom. The number of nitrogens with one attached hydrogen (secondary N) is 1. The lowest BCUT2D eigenvalue weighted by atomic mass is 9.76. The number of benzene rings is 2. The number of ether oxygens (including phenoxy) is 2. The van der Waals surface area contributed by atoms with Crippen LogP contribution >= 0.6 is 0 Å². The number of rotatable bonds is 8. The lowest BCUT2D eigenvalue weighted by molar-refractivity contribution is -0.198. The van der Waals surface area contributed by atoms with Crippen LogP contribution in [0.5, 0.6) is 11.6 Å². The molecule has 1 aromatic heterocycles. The fourth-order valence-electron chi connectivity index (χ4n) is 5.63. The van der Waals surface area contributed by atoms with Crippen molar-refractivity contribution in [3.05, 3.63) is 60.2 Å². The SMILES string of the molecule is CC(C)Oc1ccc(-c2ccc([C@@H](Oc3cc(N4CCC5(CC4)CN[C@H](C(=O)O)C5)nc(N)n3)C(F)(F)F)cc2)cc1. The quantitative estimate of drug-likeness (QED) is 0.326. The van der Waals surface area contributed by atoms with Gasteiger partial charge in [-0.25, -0.2) is 0 Å². The van der Waals surface area contributed by atoms with Crippen LogP contribution in [0, 0.1) is 5.41 Å². The Kier molecular flexibility index (Phi) is 8.18. The van der Waals surface area contributed by atoms with E-state index in [1.165, 1.54) is 18.2 Å². The molecule has 2 saturated heterocycles. The molecular weight excluding hydrogens is 551 g/mol. The Morgan fingerprint density at radius 3 is 2.21 bits per heavy atom. The molecule has 0 bridgehead atoms. The number of nitrogen functional groups attached to an aromatic ring is 1. The summed E-state index contributed by atoms with van der Waals surface area (Å²) in [6.07, 6.45) is -4.97. The van der Waals surface area contributed by atoms with Gasteiger partial charge in [0.1, 0.15) is 17.6 Å². The van der Waals surface area contributed by atoms with Gasteiger partial charge in [-0.15, -0.1) is 0 Å². The molecule has 2 aromatic carbocycles. The van der Waals surface area contributed by atoms with Gasteiger partial charge in [-0.2, -0.15) is 23.1 Å². The first kappa shape index (κ1) is 29.4. The topological polar surface area (TPSA) is 123 Å². The van der Waals surface area contributed by atoms with E-state index < -0.39 is 24.3 Å². The van der Waals surface area contributed by atoms with E-state index in [4.69, 9.17) is 15.2 Å². The first-order valence-corrected chi connectivity index (χ1v) is 13.9. The third-order valence-corrected chi connectivity index (χ3v) is 7.82. The lowest BCUT2D eigenvalue weighted by Crippen LogP contribution is -2.41. The number of aromatic nitrogens is 2. The molecule has 0 aliphatic carbocycles. The third kappa shape index (κ3) is 6.70. The molecule has 5 rings (SSSR count). The second-order valence-corrected chi connectivity index (χ2v) is 11.2. The number of piperidine rings is 1. The van der Waals surface area contributed by atoms with E-state index in [1.54, 1.807) is 12.1 Å². The summed E-state index contributed by atoms with van der Waals surface area (Å²) < 4.78 is 53.7. The Hall–Kier alpha value is -4.06. The fraction of sp³-hybridized carbons (Fsp3) is 0.433. The number of carboxylic acids is 1. The third-order valence-electron chi connectivity index (χ3n) is 7.82. The van der Waals surface area contributed by atoms with E-state index in [-0.39, 0.29) is 28.9 Å². The van der Waals surface area contributed by atoms with Gasteiger partial charge in [-0.1, -0.05) is 36.4 Å². The summed E-state index contributed by atoms with van der Waals surface area (Å²) in [5.41, 5.74) is 7.26. The molecule has 0 saturated carbocycles. The highest BCUT2D eigenvalue weighted by Crippen LogP contribution is 2.41. The van der Waals surface area contributed by atoms with Gasteiger partial charge < -0.3 is 30.5 Å². The second kappa shape index (κ2) is 11.7. The van der Waals surface area contributed by atoms with Gasteiger partial charge in [-0.3, -0.25) is 4.79 Å². The zero-order valence-electron chi connectivity index (χ0n) is 23.4. The van der Waals surface area contributed by atoms with Crippen LogP contribution in [0.3, 0.4) is 0 Å². The lowest BCUT2D eigenvalue weighted by Gasteiger charge is -2.39. The summed E-state index contributed by atoms with van der Waals surface area (Å²) in [4.78, 5) is 21.5. The minimum Gasteiger partial charge on any atom is -0.491 e. The van der Waals surface area contributed by atoms with Gasteiger partial charge in [0.05, 0.1) is 6.10 Å². The molecule has 0 unspecified atom stereocenters. The largest absolute Gasteiger partial charge is 0.491 e. The summed E-state index contributed by atoms with van der Waals surface area (Å²) in [5.74, 6) is -0.254. The number of alkyl halides is 3. The summed E-state index contributed by atoms with van der Waals surface area (Å²) in [7, 11) is 0. The normalized spacial score (nSPS) is 19.2. The molecule has 42 heavy (non-hydrogen) atoms. The van der Waals surface area contributed by atoms with Gasteiger partial charge in [0, 0.05) is 31.3 Å². The fourth-order valence-corrected chi connectivity index (χ4v) is 5.63. The number of halogens is 3. The van der Waals surface area contributed by atoms with Crippen molar-refractivity contribution in [2.75, 3.05) is 30.3 Å². The highest BCUT2D eigenvalue weighted by molar-refractivity contribution is 5.74. The molecule has 0 amide bonds. The van der Waals surface area contributed by atoms with Crippen molar-refractivity contribution in [2.24, 2.45) is 5.41 Å². The van der Waals surface area contributed by atoms with Gasteiger partial charge in [0.25, 0.3) is 0 Å². The predicted molar refractivity (Wildman–Crippen MR) is 151 cm³/mol. The summed E-state index contributed by atoms with van der Waals surface area (Å²) in [5, 5.41) is 12.4. The van der Waals surface area contributed by atoms with Gasteiger partial charge in [0.15, 0.2) is 0 Å². The molecule has 2 aliphatic rings. The van der Waals surface area contributed by atoms with E-state index in [0.717, 1.165) is 24.0 Å². The summed E-state index contributed by atoms with van der Waals surface area (Å²) >= 11 is 0. The standard InChI is InChI=1S/C30H34F3N5O4/c1-18(2)41-22-9-7-20(8-10-22)19-3-5-21(6-4-19)26(30(31,32)33)42-25-15-24(36-28(34)37-25)38-13-11-29(12-14-38)16-23(27(39)40)35-17-29/h3-10,15,18,23,26,35H,11-14,16-17H2,1-2H3,(H,39,40)(H2,34,36,37)/t23-,26+/m0/s1. The molecule has 2 aliphatic heterocycles. The maximum Gasteiger partial charge on any atom is 0.429 e. The predicted octanol–water partition coefficient (Wildman–Crippen LogP) is 5.23. The summed E-state index contributed by atoms with van der Waals surface area (Å²) in [6, 6.07) is 14.2. The van der Waals surface area contributed by atoms with Crippen LogP contribution in [0.15, 0.2) is 54.6 Å². The highest BCUT2D eigenvalue weighted by atomic mass is 19.4. The van der Waals surface area contributed by atoms with Crippen LogP contribution in [-0.2, 0) is 4.79 Å². The maximum absolute atomic E-state index is 14.2. The summed E-state index contributed by atoms with van der Waals surface area (Å²) in [6.45, 7) is 5.58. The first-order valence-electron chi connectivity index (χ1n) is 13.9. The van der Waals surface area contributed by atoms with Crippen molar-refractivity contribution >= 4 is 17.7 Å². The Balaban J connectivity index is 1.30. The van der Waals surface area contributed by atoms with Gasteiger partial charge in [-0.05, 0) is 61.8 Å². The Bertz CT molecular complexity index is 1390. The zero-order valence-corrected chi connectivity index (χ0v) is 23.4. The zero-order chi connectivity index (χ0) is 30.1. The van der Waals surface area contributed by atoms with Crippen LogP contribution in [-0.4, -0.2) is 59.0 Å². The molecule has 2 atom stereocenters. The number of hydrogen-bond donors (Lipinski definition) is 3. The molecule has 0 radical (unpaired) electrons. The number of anilines is 2. The number of nitrogens with two attached hydrogens (primary N) is 1. The van der Waals surface area contributed by atoms with Crippen molar-refractivity contribution in [1.82, 2.24) is 15.3 Å². The first-order chi connectivity index (χ1) is 19.9. The molecule has 12 heteroatoms. The maximum atomic E-state index is 14.2. The molecular formula is C30H34F3N5O4. The minimum atomic E-state index is -4.72. The molecule has 2 fully saturated rings. The molecule has 3 heterocycles. The number of hydrogen-bond acceptors (Lipinski definition) is 8. The molecule has 9 nitrogen and oxygen atoms in total. The minimum absolute atomic E-state index is 0.0331. The molecule has 4 N–H and O–H groups in total. The van der Waals surface area contributed by atoms with Crippen LogP contribution in [0.25, 0.3) is 11.1 Å². The number of nitrogens with zero attached hydrogens (tertiary/aromatic N) is 3.